The highest BCUT2D eigenvalue weighted by molar-refractivity contribution is 5.89. The molecular weight excluding hydrogens is 330 g/mol. The number of ether oxygens (including phenoxy) is 1. The molecule has 1 aromatic carbocycles. The van der Waals surface area contributed by atoms with Crippen molar-refractivity contribution in [2.24, 2.45) is 7.05 Å². The average Bonchev–Trinajstić information content (AvgIpc) is 3.09. The van der Waals surface area contributed by atoms with E-state index in [1.807, 2.05) is 38.4 Å². The molecule has 2 aromatic heterocycles. The number of urea groups is 1. The van der Waals surface area contributed by atoms with Crippen LogP contribution in [-0.2, 0) is 13.6 Å². The molecule has 2 amide bonds. The van der Waals surface area contributed by atoms with Gasteiger partial charge in [0.1, 0.15) is 5.75 Å². The minimum absolute atomic E-state index is 0.277. The van der Waals surface area contributed by atoms with Crippen LogP contribution in [0, 0.1) is 0 Å². The average molecular weight is 351 g/mol. The van der Waals surface area contributed by atoms with E-state index in [2.05, 4.69) is 20.7 Å². The van der Waals surface area contributed by atoms with Crippen LogP contribution < -0.4 is 15.4 Å². The Kier molecular flexibility index (Phi) is 5.48. The van der Waals surface area contributed by atoms with Gasteiger partial charge in [-0.2, -0.15) is 5.10 Å². The van der Waals surface area contributed by atoms with E-state index in [1.54, 1.807) is 35.4 Å². The predicted molar refractivity (Wildman–Crippen MR) is 99.9 cm³/mol. The van der Waals surface area contributed by atoms with Gasteiger partial charge in [-0.25, -0.2) is 4.79 Å². The number of aromatic nitrogens is 3. The zero-order valence-electron chi connectivity index (χ0n) is 14.8. The molecule has 3 aromatic rings. The second-order valence-corrected chi connectivity index (χ2v) is 5.75. The van der Waals surface area contributed by atoms with Gasteiger partial charge in [0.2, 0.25) is 0 Å². The van der Waals surface area contributed by atoms with Gasteiger partial charge in [-0.05, 0) is 42.8 Å². The summed E-state index contributed by atoms with van der Waals surface area (Å²) in [6.45, 7) is 2.92. The molecule has 0 atom stereocenters. The van der Waals surface area contributed by atoms with Gasteiger partial charge in [-0.1, -0.05) is 0 Å². The summed E-state index contributed by atoms with van der Waals surface area (Å²) in [6, 6.07) is 8.95. The highest BCUT2D eigenvalue weighted by Crippen LogP contribution is 2.18. The summed E-state index contributed by atoms with van der Waals surface area (Å²) in [5, 5.41) is 9.78. The zero-order chi connectivity index (χ0) is 18.4. The number of carbonyl (C=O) groups is 1. The zero-order valence-corrected chi connectivity index (χ0v) is 14.8. The van der Waals surface area contributed by atoms with Gasteiger partial charge >= 0.3 is 6.03 Å². The molecule has 0 bridgehead atoms. The summed E-state index contributed by atoms with van der Waals surface area (Å²) in [6.07, 6.45) is 7.22. The molecule has 26 heavy (non-hydrogen) atoms. The molecule has 0 spiro atoms. The van der Waals surface area contributed by atoms with E-state index < -0.39 is 0 Å². The van der Waals surface area contributed by atoms with Crippen LogP contribution in [-0.4, -0.2) is 27.4 Å². The Hall–Kier alpha value is -3.35. The van der Waals surface area contributed by atoms with Crippen LogP contribution in [0.3, 0.4) is 0 Å². The van der Waals surface area contributed by atoms with Crippen molar-refractivity contribution >= 4 is 11.7 Å². The third-order valence-corrected chi connectivity index (χ3v) is 3.71. The van der Waals surface area contributed by atoms with E-state index in [-0.39, 0.29) is 6.03 Å². The topological polar surface area (TPSA) is 81.1 Å². The summed E-state index contributed by atoms with van der Waals surface area (Å²) >= 11 is 0. The molecule has 2 N–H and O–H groups in total. The van der Waals surface area contributed by atoms with Crippen LogP contribution in [0.15, 0.2) is 55.1 Å². The molecule has 0 saturated carbocycles. The molecule has 0 aliphatic rings. The number of rotatable bonds is 6. The van der Waals surface area contributed by atoms with Gasteiger partial charge in [-0.15, -0.1) is 0 Å². The maximum absolute atomic E-state index is 12.1. The van der Waals surface area contributed by atoms with Crippen molar-refractivity contribution < 1.29 is 9.53 Å². The molecule has 0 aliphatic heterocycles. The van der Waals surface area contributed by atoms with Gasteiger partial charge in [-0.3, -0.25) is 9.67 Å². The second-order valence-electron chi connectivity index (χ2n) is 5.75. The molecule has 0 radical (unpaired) electrons. The third-order valence-electron chi connectivity index (χ3n) is 3.71. The minimum Gasteiger partial charge on any atom is -0.494 e. The number of hydrogen-bond donors (Lipinski definition) is 2. The number of pyridine rings is 1. The van der Waals surface area contributed by atoms with Crippen molar-refractivity contribution in [2.75, 3.05) is 11.9 Å². The van der Waals surface area contributed by atoms with Crippen LogP contribution in [0.1, 0.15) is 12.5 Å². The molecule has 0 saturated heterocycles. The highest BCUT2D eigenvalue weighted by atomic mass is 16.5. The van der Waals surface area contributed by atoms with Gasteiger partial charge in [0.05, 0.1) is 12.8 Å². The lowest BCUT2D eigenvalue weighted by Gasteiger charge is -2.09. The van der Waals surface area contributed by atoms with Crippen LogP contribution in [0.25, 0.3) is 11.1 Å². The first-order valence-corrected chi connectivity index (χ1v) is 8.34. The summed E-state index contributed by atoms with van der Waals surface area (Å²) < 4.78 is 7.12. The summed E-state index contributed by atoms with van der Waals surface area (Å²) in [4.78, 5) is 16.3. The Labute approximate surface area is 152 Å². The Morgan fingerprint density at radius 3 is 2.65 bits per heavy atom. The van der Waals surface area contributed by atoms with Crippen LogP contribution in [0.5, 0.6) is 5.75 Å². The van der Waals surface area contributed by atoms with Gasteiger partial charge in [0, 0.05) is 49.0 Å². The van der Waals surface area contributed by atoms with Crippen LogP contribution in [0.2, 0.25) is 0 Å². The fourth-order valence-corrected chi connectivity index (χ4v) is 2.47. The van der Waals surface area contributed by atoms with Crippen molar-refractivity contribution in [3.05, 3.63) is 60.7 Å². The van der Waals surface area contributed by atoms with Crippen molar-refractivity contribution in [1.82, 2.24) is 20.1 Å². The van der Waals surface area contributed by atoms with Crippen molar-refractivity contribution in [3.63, 3.8) is 0 Å². The molecule has 134 valence electrons. The minimum atomic E-state index is -0.277. The number of amides is 2. The molecule has 3 rings (SSSR count). The monoisotopic (exact) mass is 351 g/mol. The first-order chi connectivity index (χ1) is 12.6. The van der Waals surface area contributed by atoms with Crippen LogP contribution in [0.4, 0.5) is 10.5 Å². The van der Waals surface area contributed by atoms with Gasteiger partial charge in [0.25, 0.3) is 0 Å². The lowest BCUT2D eigenvalue weighted by atomic mass is 10.1. The number of hydrogen-bond acceptors (Lipinski definition) is 4. The lowest BCUT2D eigenvalue weighted by Crippen LogP contribution is -2.28. The maximum Gasteiger partial charge on any atom is 0.319 e. The van der Waals surface area contributed by atoms with E-state index in [4.69, 9.17) is 4.74 Å². The number of benzene rings is 1. The number of nitrogens with one attached hydrogen (secondary N) is 2. The molecule has 0 aliphatic carbocycles. The Morgan fingerprint density at radius 1 is 1.15 bits per heavy atom. The van der Waals surface area contributed by atoms with Crippen molar-refractivity contribution in [3.8, 4) is 16.9 Å². The lowest BCUT2D eigenvalue weighted by molar-refractivity contribution is 0.251. The molecule has 0 fully saturated rings. The third kappa shape index (κ3) is 4.60. The Bertz CT molecular complexity index is 874. The Balaban J connectivity index is 1.56. The molecule has 7 nitrogen and oxygen atoms in total. The Morgan fingerprint density at radius 2 is 1.96 bits per heavy atom. The second kappa shape index (κ2) is 8.15. The number of anilines is 1. The van der Waals surface area contributed by atoms with Crippen molar-refractivity contribution in [1.29, 1.82) is 0 Å². The molecule has 7 heteroatoms. The fourth-order valence-electron chi connectivity index (χ4n) is 2.47. The fraction of sp³-hybridized carbons (Fsp3) is 0.211. The number of nitrogens with zero attached hydrogens (tertiary/aromatic N) is 3. The van der Waals surface area contributed by atoms with E-state index in [9.17, 15) is 4.79 Å². The standard InChI is InChI=1S/C19H21N5O2/c1-3-26-18-6-4-17(5-7-18)23-19(25)21-10-14-8-15(11-20-9-14)16-12-22-24(2)13-16/h4-9,11-13H,3,10H2,1-2H3,(H2,21,23,25). The molecule has 0 unspecified atom stereocenters. The maximum atomic E-state index is 12.1. The molecular formula is C19H21N5O2. The summed E-state index contributed by atoms with van der Waals surface area (Å²) in [5.41, 5.74) is 3.56. The number of aryl methyl sites for hydroxylation is 1. The van der Waals surface area contributed by atoms with Gasteiger partial charge in [0.15, 0.2) is 0 Å². The van der Waals surface area contributed by atoms with E-state index in [0.717, 1.165) is 22.4 Å². The quantitative estimate of drug-likeness (QED) is 0.714. The predicted octanol–water partition coefficient (Wildman–Crippen LogP) is 3.20. The summed E-state index contributed by atoms with van der Waals surface area (Å²) in [5.74, 6) is 0.775. The van der Waals surface area contributed by atoms with E-state index in [1.165, 1.54) is 0 Å². The van der Waals surface area contributed by atoms with Crippen molar-refractivity contribution in [2.45, 2.75) is 13.5 Å². The van der Waals surface area contributed by atoms with Crippen LogP contribution >= 0.6 is 0 Å². The SMILES string of the molecule is CCOc1ccc(NC(=O)NCc2cncc(-c3cnn(C)c3)c2)cc1. The van der Waals surface area contributed by atoms with E-state index in [0.29, 0.717) is 18.8 Å². The summed E-state index contributed by atoms with van der Waals surface area (Å²) in [7, 11) is 1.87. The normalized spacial score (nSPS) is 10.4. The number of carbonyl (C=O) groups excluding carboxylic acids is 1. The largest absolute Gasteiger partial charge is 0.494 e. The van der Waals surface area contributed by atoms with Gasteiger partial charge < -0.3 is 15.4 Å². The molecule has 2 heterocycles. The highest BCUT2D eigenvalue weighted by Gasteiger charge is 2.05. The first kappa shape index (κ1) is 17.5. The first-order valence-electron chi connectivity index (χ1n) is 8.34. The smallest absolute Gasteiger partial charge is 0.319 e. The van der Waals surface area contributed by atoms with E-state index >= 15 is 0 Å².